The molecule has 3 heterocycles. The molecular weight excluding hydrogens is 340 g/mol. The van der Waals surface area contributed by atoms with Gasteiger partial charge in [-0.3, -0.25) is 14.3 Å². The lowest BCUT2D eigenvalue weighted by Crippen LogP contribution is -2.51. The van der Waals surface area contributed by atoms with Crippen LogP contribution in [0.3, 0.4) is 0 Å². The van der Waals surface area contributed by atoms with E-state index in [1.165, 1.54) is 12.8 Å². The van der Waals surface area contributed by atoms with Crippen LogP contribution in [0.25, 0.3) is 0 Å². The van der Waals surface area contributed by atoms with Gasteiger partial charge in [-0.05, 0) is 56.4 Å². The molecule has 1 aliphatic carbocycles. The zero-order valence-corrected chi connectivity index (χ0v) is 16.9. The second kappa shape index (κ2) is 6.95. The lowest BCUT2D eigenvalue weighted by molar-refractivity contribution is -0.145. The third kappa shape index (κ3) is 3.63. The number of amides is 2. The summed E-state index contributed by atoms with van der Waals surface area (Å²) in [4.78, 5) is 30.3. The van der Waals surface area contributed by atoms with Gasteiger partial charge in [0.1, 0.15) is 5.69 Å². The number of aromatic nitrogens is 2. The van der Waals surface area contributed by atoms with Crippen LogP contribution < -0.4 is 0 Å². The van der Waals surface area contributed by atoms with Crippen LogP contribution in [-0.2, 0) is 18.3 Å². The van der Waals surface area contributed by atoms with E-state index >= 15 is 0 Å². The topological polar surface area (TPSA) is 58.4 Å². The van der Waals surface area contributed by atoms with Gasteiger partial charge in [0.2, 0.25) is 5.91 Å². The first kappa shape index (κ1) is 18.5. The Hall–Kier alpha value is -1.85. The van der Waals surface area contributed by atoms with Crippen molar-refractivity contribution in [1.82, 2.24) is 19.6 Å². The molecule has 1 saturated carbocycles. The third-order valence-corrected chi connectivity index (χ3v) is 6.41. The van der Waals surface area contributed by atoms with Gasteiger partial charge in [-0.15, -0.1) is 0 Å². The molecule has 0 N–H and O–H groups in total. The largest absolute Gasteiger partial charge is 0.342 e. The standard InChI is InChI=1S/C21H32N4O2/c1-15(2)11-17-12-18(23(3)22-17)19(26)25-10-8-21(14-25)7-4-9-24(20(21)27)13-16-5-6-16/h12,15-16H,4-11,13-14H2,1-3H3. The van der Waals surface area contributed by atoms with Crippen molar-refractivity contribution in [2.45, 2.75) is 52.4 Å². The van der Waals surface area contributed by atoms with Crippen LogP contribution in [0.4, 0.5) is 0 Å². The van der Waals surface area contributed by atoms with Crippen molar-refractivity contribution in [2.24, 2.45) is 24.3 Å². The van der Waals surface area contributed by atoms with Gasteiger partial charge in [0, 0.05) is 33.2 Å². The maximum Gasteiger partial charge on any atom is 0.272 e. The summed E-state index contributed by atoms with van der Waals surface area (Å²) < 4.78 is 1.70. The van der Waals surface area contributed by atoms with Crippen molar-refractivity contribution < 1.29 is 9.59 Å². The van der Waals surface area contributed by atoms with E-state index < -0.39 is 0 Å². The van der Waals surface area contributed by atoms with E-state index in [1.54, 1.807) is 4.68 Å². The second-order valence-corrected chi connectivity index (χ2v) is 9.30. The molecule has 3 fully saturated rings. The Balaban J connectivity index is 1.46. The Kier molecular flexibility index (Phi) is 4.77. The predicted molar refractivity (Wildman–Crippen MR) is 103 cm³/mol. The van der Waals surface area contributed by atoms with Gasteiger partial charge in [-0.2, -0.15) is 5.10 Å². The SMILES string of the molecule is CC(C)Cc1cc(C(=O)N2CCC3(CCCN(CC4CC4)C3=O)C2)n(C)n1. The zero-order chi connectivity index (χ0) is 19.2. The lowest BCUT2D eigenvalue weighted by Gasteiger charge is -2.39. The molecule has 0 bridgehead atoms. The van der Waals surface area contributed by atoms with Crippen LogP contribution >= 0.6 is 0 Å². The van der Waals surface area contributed by atoms with Crippen LogP contribution in [0.5, 0.6) is 0 Å². The minimum Gasteiger partial charge on any atom is -0.342 e. The number of piperidine rings is 1. The fraction of sp³-hybridized carbons (Fsp3) is 0.762. The summed E-state index contributed by atoms with van der Waals surface area (Å²) >= 11 is 0. The van der Waals surface area contributed by atoms with Crippen LogP contribution in [0.2, 0.25) is 0 Å². The van der Waals surface area contributed by atoms with E-state index in [0.29, 0.717) is 30.6 Å². The number of nitrogens with zero attached hydrogens (tertiary/aromatic N) is 4. The highest BCUT2D eigenvalue weighted by Gasteiger charge is 2.50. The summed E-state index contributed by atoms with van der Waals surface area (Å²) in [5.41, 5.74) is 1.26. The smallest absolute Gasteiger partial charge is 0.272 e. The first-order chi connectivity index (χ1) is 12.9. The monoisotopic (exact) mass is 372 g/mol. The first-order valence-corrected chi connectivity index (χ1v) is 10.5. The van der Waals surface area contributed by atoms with Crippen molar-refractivity contribution in [1.29, 1.82) is 0 Å². The summed E-state index contributed by atoms with van der Waals surface area (Å²) in [6, 6.07) is 1.93. The molecule has 3 aliphatic rings. The molecule has 1 aromatic heterocycles. The minimum absolute atomic E-state index is 0.0176. The summed E-state index contributed by atoms with van der Waals surface area (Å²) in [6.07, 6.45) is 6.18. The molecule has 2 amide bonds. The van der Waals surface area contributed by atoms with Gasteiger partial charge in [0.15, 0.2) is 0 Å². The molecule has 0 radical (unpaired) electrons. The first-order valence-electron chi connectivity index (χ1n) is 10.5. The number of carbonyl (C=O) groups excluding carboxylic acids is 2. The molecule has 6 nitrogen and oxygen atoms in total. The van der Waals surface area contributed by atoms with Gasteiger partial charge in [-0.25, -0.2) is 0 Å². The summed E-state index contributed by atoms with van der Waals surface area (Å²) in [5, 5.41) is 4.51. The quantitative estimate of drug-likeness (QED) is 0.798. The number of rotatable bonds is 5. The average molecular weight is 373 g/mol. The minimum atomic E-state index is -0.345. The van der Waals surface area contributed by atoms with Crippen LogP contribution in [0.1, 0.15) is 62.1 Å². The highest BCUT2D eigenvalue weighted by molar-refractivity contribution is 5.94. The maximum absolute atomic E-state index is 13.2. The van der Waals surface area contributed by atoms with Crippen molar-refractivity contribution >= 4 is 11.8 Å². The Labute approximate surface area is 161 Å². The number of hydrogen-bond acceptors (Lipinski definition) is 3. The van der Waals surface area contributed by atoms with Gasteiger partial charge >= 0.3 is 0 Å². The van der Waals surface area contributed by atoms with Gasteiger partial charge in [-0.1, -0.05) is 13.8 Å². The van der Waals surface area contributed by atoms with Crippen molar-refractivity contribution in [3.05, 3.63) is 17.5 Å². The number of hydrogen-bond donors (Lipinski definition) is 0. The molecule has 1 spiro atoms. The summed E-state index contributed by atoms with van der Waals surface area (Å²) in [7, 11) is 1.84. The molecule has 1 aromatic rings. The van der Waals surface area contributed by atoms with E-state index in [4.69, 9.17) is 0 Å². The maximum atomic E-state index is 13.2. The molecule has 2 aliphatic heterocycles. The van der Waals surface area contributed by atoms with E-state index in [9.17, 15) is 9.59 Å². The molecule has 2 saturated heterocycles. The van der Waals surface area contributed by atoms with Gasteiger partial charge in [0.25, 0.3) is 5.91 Å². The Morgan fingerprint density at radius 2 is 2.07 bits per heavy atom. The molecule has 148 valence electrons. The number of carbonyl (C=O) groups is 2. The highest BCUT2D eigenvalue weighted by atomic mass is 16.2. The third-order valence-electron chi connectivity index (χ3n) is 6.41. The number of aryl methyl sites for hydroxylation is 1. The summed E-state index contributed by atoms with van der Waals surface area (Å²) in [6.45, 7) is 7.37. The zero-order valence-electron chi connectivity index (χ0n) is 16.9. The molecule has 4 rings (SSSR count). The Bertz CT molecular complexity index is 737. The molecule has 1 atom stereocenters. The molecule has 6 heteroatoms. The fourth-order valence-corrected chi connectivity index (χ4v) is 4.77. The van der Waals surface area contributed by atoms with E-state index in [0.717, 1.165) is 50.4 Å². The van der Waals surface area contributed by atoms with E-state index in [-0.39, 0.29) is 11.3 Å². The van der Waals surface area contributed by atoms with E-state index in [1.807, 2.05) is 18.0 Å². The van der Waals surface area contributed by atoms with Crippen molar-refractivity contribution in [3.8, 4) is 0 Å². The van der Waals surface area contributed by atoms with Crippen LogP contribution in [-0.4, -0.2) is 57.6 Å². The van der Waals surface area contributed by atoms with Gasteiger partial charge < -0.3 is 9.80 Å². The number of likely N-dealkylation sites (tertiary alicyclic amines) is 2. The molecular formula is C21H32N4O2. The second-order valence-electron chi connectivity index (χ2n) is 9.30. The van der Waals surface area contributed by atoms with Crippen molar-refractivity contribution in [3.63, 3.8) is 0 Å². The summed E-state index contributed by atoms with van der Waals surface area (Å²) in [5.74, 6) is 1.54. The molecule has 27 heavy (non-hydrogen) atoms. The predicted octanol–water partition coefficient (Wildman–Crippen LogP) is 2.48. The Morgan fingerprint density at radius 3 is 2.78 bits per heavy atom. The van der Waals surface area contributed by atoms with Crippen molar-refractivity contribution in [2.75, 3.05) is 26.2 Å². The fourth-order valence-electron chi connectivity index (χ4n) is 4.77. The lowest BCUT2D eigenvalue weighted by atomic mass is 9.78. The molecule has 0 aromatic carbocycles. The normalized spacial score (nSPS) is 25.9. The molecule has 1 unspecified atom stereocenters. The average Bonchev–Trinajstić information content (AvgIpc) is 3.21. The van der Waals surface area contributed by atoms with E-state index in [2.05, 4.69) is 23.8 Å². The van der Waals surface area contributed by atoms with Crippen LogP contribution in [0, 0.1) is 17.3 Å². The van der Waals surface area contributed by atoms with Crippen LogP contribution in [0.15, 0.2) is 6.07 Å². The van der Waals surface area contributed by atoms with Gasteiger partial charge in [0.05, 0.1) is 11.1 Å². The highest BCUT2D eigenvalue weighted by Crippen LogP contribution is 2.42. The Morgan fingerprint density at radius 1 is 1.30 bits per heavy atom.